The lowest BCUT2D eigenvalue weighted by Gasteiger charge is -2.00. The second-order valence-corrected chi connectivity index (χ2v) is 3.67. The van der Waals surface area contributed by atoms with Crippen molar-refractivity contribution in [1.29, 1.82) is 0 Å². The van der Waals surface area contributed by atoms with Crippen LogP contribution in [0.15, 0.2) is 39.8 Å². The Morgan fingerprint density at radius 3 is 2.94 bits per heavy atom. The number of oxazole rings is 1. The summed E-state index contributed by atoms with van der Waals surface area (Å²) >= 11 is 0. The van der Waals surface area contributed by atoms with Crippen molar-refractivity contribution in [2.45, 2.75) is 0 Å². The Morgan fingerprint density at radius 1 is 1.22 bits per heavy atom. The average Bonchev–Trinajstić information content (AvgIpc) is 2.77. The molecule has 2 heterocycles. The molecule has 0 atom stereocenters. The zero-order chi connectivity index (χ0) is 12.5. The molecule has 2 aromatic heterocycles. The van der Waals surface area contributed by atoms with Crippen molar-refractivity contribution in [2.75, 3.05) is 0 Å². The number of fused-ring (bicyclic) bond motifs is 1. The number of hydrogen-bond donors (Lipinski definition) is 1. The normalized spacial score (nSPS) is 10.7. The van der Waals surface area contributed by atoms with E-state index in [0.717, 1.165) is 5.56 Å². The van der Waals surface area contributed by atoms with Crippen LogP contribution in [0.25, 0.3) is 22.4 Å². The SMILES string of the molecule is O=Cc1cc(-c2ccc3oc(=O)[nH]c3c2)ncn1. The molecule has 0 unspecified atom stereocenters. The van der Waals surface area contributed by atoms with Gasteiger partial charge in [0.15, 0.2) is 11.9 Å². The van der Waals surface area contributed by atoms with Crippen LogP contribution in [0.3, 0.4) is 0 Å². The van der Waals surface area contributed by atoms with Crippen molar-refractivity contribution < 1.29 is 9.21 Å². The van der Waals surface area contributed by atoms with E-state index in [9.17, 15) is 9.59 Å². The van der Waals surface area contributed by atoms with Crippen molar-refractivity contribution in [3.63, 3.8) is 0 Å². The Morgan fingerprint density at radius 2 is 2.11 bits per heavy atom. The van der Waals surface area contributed by atoms with Crippen molar-refractivity contribution in [3.8, 4) is 11.3 Å². The van der Waals surface area contributed by atoms with Gasteiger partial charge in [0.25, 0.3) is 0 Å². The standard InChI is InChI=1S/C12H7N3O3/c16-5-8-4-9(14-6-13-8)7-1-2-11-10(3-7)15-12(17)18-11/h1-6H,(H,15,17). The Kier molecular flexibility index (Phi) is 2.26. The lowest BCUT2D eigenvalue weighted by molar-refractivity contribution is 0.111. The zero-order valence-electron chi connectivity index (χ0n) is 9.08. The zero-order valence-corrected chi connectivity index (χ0v) is 9.08. The van der Waals surface area contributed by atoms with Crippen LogP contribution < -0.4 is 5.76 Å². The number of nitrogens with one attached hydrogen (secondary N) is 1. The maximum Gasteiger partial charge on any atom is 0.417 e. The number of carbonyl (C=O) groups is 1. The quantitative estimate of drug-likeness (QED) is 0.685. The fourth-order valence-corrected chi connectivity index (χ4v) is 1.71. The van der Waals surface area contributed by atoms with Crippen LogP contribution in [0.2, 0.25) is 0 Å². The van der Waals surface area contributed by atoms with Gasteiger partial charge in [-0.3, -0.25) is 9.78 Å². The summed E-state index contributed by atoms with van der Waals surface area (Å²) in [6, 6.07) is 6.74. The van der Waals surface area contributed by atoms with Crippen LogP contribution in [0.5, 0.6) is 0 Å². The Labute approximate surface area is 100 Å². The van der Waals surface area contributed by atoms with Crippen LogP contribution in [0.4, 0.5) is 0 Å². The van der Waals surface area contributed by atoms with Crippen LogP contribution in [0.1, 0.15) is 10.5 Å². The molecule has 0 aliphatic rings. The van der Waals surface area contributed by atoms with E-state index in [1.54, 1.807) is 24.3 Å². The third-order valence-electron chi connectivity index (χ3n) is 2.52. The number of nitrogens with zero attached hydrogens (tertiary/aromatic N) is 2. The lowest BCUT2D eigenvalue weighted by Crippen LogP contribution is -1.93. The van der Waals surface area contributed by atoms with Gasteiger partial charge in [0.05, 0.1) is 11.2 Å². The minimum absolute atomic E-state index is 0.306. The molecular weight excluding hydrogens is 234 g/mol. The van der Waals surface area contributed by atoms with E-state index < -0.39 is 5.76 Å². The molecule has 0 amide bonds. The highest BCUT2D eigenvalue weighted by Crippen LogP contribution is 2.21. The third kappa shape index (κ3) is 1.69. The van der Waals surface area contributed by atoms with Crippen molar-refractivity contribution in [3.05, 3.63) is 46.8 Å². The number of aldehydes is 1. The topological polar surface area (TPSA) is 88.9 Å². The number of hydrogen-bond acceptors (Lipinski definition) is 5. The highest BCUT2D eigenvalue weighted by molar-refractivity contribution is 5.80. The number of aromatic amines is 1. The first-order valence-electron chi connectivity index (χ1n) is 5.17. The van der Waals surface area contributed by atoms with E-state index in [1.807, 2.05) is 0 Å². The molecule has 0 saturated heterocycles. The second kappa shape index (κ2) is 3.92. The largest absolute Gasteiger partial charge is 0.417 e. The summed E-state index contributed by atoms with van der Waals surface area (Å²) in [4.78, 5) is 32.1. The van der Waals surface area contributed by atoms with Gasteiger partial charge in [0, 0.05) is 5.56 Å². The molecule has 0 radical (unpaired) electrons. The summed E-state index contributed by atoms with van der Waals surface area (Å²) in [6.45, 7) is 0. The molecule has 1 N–H and O–H groups in total. The number of aromatic nitrogens is 3. The van der Waals surface area contributed by atoms with E-state index in [0.29, 0.717) is 28.8 Å². The molecule has 18 heavy (non-hydrogen) atoms. The Balaban J connectivity index is 2.18. The van der Waals surface area contributed by atoms with E-state index in [4.69, 9.17) is 4.42 Å². The van der Waals surface area contributed by atoms with Gasteiger partial charge in [0.1, 0.15) is 12.0 Å². The second-order valence-electron chi connectivity index (χ2n) is 3.67. The molecule has 6 heteroatoms. The monoisotopic (exact) mass is 241 g/mol. The Bertz CT molecular complexity index is 788. The van der Waals surface area contributed by atoms with E-state index in [-0.39, 0.29) is 0 Å². The maximum atomic E-state index is 11.0. The molecule has 3 aromatic rings. The van der Waals surface area contributed by atoms with Gasteiger partial charge < -0.3 is 4.42 Å². The molecular formula is C12H7N3O3. The summed E-state index contributed by atoms with van der Waals surface area (Å²) in [5.74, 6) is -0.501. The third-order valence-corrected chi connectivity index (χ3v) is 2.52. The van der Waals surface area contributed by atoms with Gasteiger partial charge in [-0.2, -0.15) is 0 Å². The van der Waals surface area contributed by atoms with Crippen LogP contribution >= 0.6 is 0 Å². The van der Waals surface area contributed by atoms with Gasteiger partial charge in [-0.25, -0.2) is 14.8 Å². The molecule has 1 aromatic carbocycles. The molecule has 3 rings (SSSR count). The summed E-state index contributed by atoms with van der Waals surface area (Å²) in [6.07, 6.45) is 1.98. The fourth-order valence-electron chi connectivity index (χ4n) is 1.71. The van der Waals surface area contributed by atoms with Crippen molar-refractivity contribution in [1.82, 2.24) is 15.0 Å². The van der Waals surface area contributed by atoms with Gasteiger partial charge >= 0.3 is 5.76 Å². The van der Waals surface area contributed by atoms with Gasteiger partial charge in [-0.15, -0.1) is 0 Å². The van der Waals surface area contributed by atoms with Gasteiger partial charge in [-0.05, 0) is 24.3 Å². The molecule has 6 nitrogen and oxygen atoms in total. The summed E-state index contributed by atoms with van der Waals surface area (Å²) < 4.78 is 4.90. The first-order chi connectivity index (χ1) is 8.76. The Hall–Kier alpha value is -2.76. The van der Waals surface area contributed by atoms with E-state index in [2.05, 4.69) is 15.0 Å². The minimum Gasteiger partial charge on any atom is -0.408 e. The van der Waals surface area contributed by atoms with Crippen molar-refractivity contribution in [2.24, 2.45) is 0 Å². The number of rotatable bonds is 2. The number of H-pyrrole nitrogens is 1. The first-order valence-corrected chi connectivity index (χ1v) is 5.17. The van der Waals surface area contributed by atoms with Gasteiger partial charge in [-0.1, -0.05) is 0 Å². The smallest absolute Gasteiger partial charge is 0.408 e. The van der Waals surface area contributed by atoms with Crippen molar-refractivity contribution >= 4 is 17.4 Å². The summed E-state index contributed by atoms with van der Waals surface area (Å²) in [7, 11) is 0. The molecule has 0 bridgehead atoms. The molecule has 0 saturated carbocycles. The van der Waals surface area contributed by atoms with Crippen LogP contribution in [0, 0.1) is 0 Å². The summed E-state index contributed by atoms with van der Waals surface area (Å²) in [5, 5.41) is 0. The molecule has 0 aliphatic carbocycles. The average molecular weight is 241 g/mol. The predicted octanol–water partition coefficient (Wildman–Crippen LogP) is 1.39. The fraction of sp³-hybridized carbons (Fsp3) is 0. The first kappa shape index (κ1) is 10.4. The minimum atomic E-state index is -0.501. The number of carbonyl (C=O) groups excluding carboxylic acids is 1. The highest BCUT2D eigenvalue weighted by atomic mass is 16.4. The maximum absolute atomic E-state index is 11.0. The van der Waals surface area contributed by atoms with E-state index >= 15 is 0 Å². The van der Waals surface area contributed by atoms with Crippen LogP contribution in [-0.4, -0.2) is 21.2 Å². The molecule has 88 valence electrons. The van der Waals surface area contributed by atoms with E-state index in [1.165, 1.54) is 6.33 Å². The lowest BCUT2D eigenvalue weighted by atomic mass is 10.1. The molecule has 0 fully saturated rings. The molecule has 0 spiro atoms. The summed E-state index contributed by atoms with van der Waals surface area (Å²) in [5.41, 5.74) is 2.75. The van der Waals surface area contributed by atoms with Gasteiger partial charge in [0.2, 0.25) is 0 Å². The highest BCUT2D eigenvalue weighted by Gasteiger charge is 2.05. The molecule has 0 aliphatic heterocycles. The predicted molar refractivity (Wildman–Crippen MR) is 63.2 cm³/mol. The van der Waals surface area contributed by atoms with Crippen LogP contribution in [-0.2, 0) is 0 Å². The number of benzene rings is 1.